The third kappa shape index (κ3) is 4.31. The summed E-state index contributed by atoms with van der Waals surface area (Å²) < 4.78 is 4.08. The second-order valence-corrected chi connectivity index (χ2v) is 6.90. The molecule has 0 bridgehead atoms. The van der Waals surface area contributed by atoms with Gasteiger partial charge in [-0.15, -0.1) is 0 Å². The number of amides is 1. The molecular weight excluding hydrogens is 348 g/mol. The molecule has 0 aliphatic rings. The van der Waals surface area contributed by atoms with E-state index in [2.05, 4.69) is 51.5 Å². The fraction of sp³-hybridized carbons (Fsp3) is 0.217. The van der Waals surface area contributed by atoms with E-state index in [1.165, 1.54) is 10.9 Å². The van der Waals surface area contributed by atoms with Gasteiger partial charge < -0.3 is 9.88 Å². The van der Waals surface area contributed by atoms with Crippen molar-refractivity contribution in [1.29, 1.82) is 0 Å². The van der Waals surface area contributed by atoms with Crippen molar-refractivity contribution in [3.05, 3.63) is 84.8 Å². The molecule has 0 aliphatic heterocycles. The molecule has 0 spiro atoms. The Labute approximate surface area is 164 Å². The molecule has 1 amide bonds. The predicted octanol–water partition coefficient (Wildman–Crippen LogP) is 3.97. The summed E-state index contributed by atoms with van der Waals surface area (Å²) in [6.07, 6.45) is 8.01. The van der Waals surface area contributed by atoms with Gasteiger partial charge in [0.25, 0.3) is 0 Å². The molecule has 0 saturated carbocycles. The predicted molar refractivity (Wildman–Crippen MR) is 111 cm³/mol. The van der Waals surface area contributed by atoms with E-state index in [-0.39, 0.29) is 5.91 Å². The van der Waals surface area contributed by atoms with Crippen molar-refractivity contribution in [1.82, 2.24) is 19.7 Å². The van der Waals surface area contributed by atoms with Crippen LogP contribution in [0, 0.1) is 0 Å². The Hall–Kier alpha value is -3.34. The van der Waals surface area contributed by atoms with Gasteiger partial charge in [-0.05, 0) is 48.1 Å². The van der Waals surface area contributed by atoms with E-state index in [0.29, 0.717) is 19.4 Å². The lowest BCUT2D eigenvalue weighted by Gasteiger charge is -2.07. The molecule has 4 rings (SSSR count). The molecule has 2 aromatic heterocycles. The number of para-hydroxylation sites is 2. The van der Waals surface area contributed by atoms with Gasteiger partial charge >= 0.3 is 0 Å². The van der Waals surface area contributed by atoms with Crippen molar-refractivity contribution in [3.63, 3.8) is 0 Å². The first-order valence-electron chi connectivity index (χ1n) is 9.69. The van der Waals surface area contributed by atoms with Crippen LogP contribution >= 0.6 is 0 Å². The fourth-order valence-electron chi connectivity index (χ4n) is 3.37. The quantitative estimate of drug-likeness (QED) is 0.476. The number of aromatic nitrogens is 3. The third-order valence-corrected chi connectivity index (χ3v) is 4.88. The lowest BCUT2D eigenvalue weighted by atomic mass is 10.2. The van der Waals surface area contributed by atoms with E-state index in [1.807, 2.05) is 47.4 Å². The first-order chi connectivity index (χ1) is 13.8. The van der Waals surface area contributed by atoms with Crippen molar-refractivity contribution in [2.45, 2.75) is 25.8 Å². The van der Waals surface area contributed by atoms with Crippen LogP contribution in [0.5, 0.6) is 0 Å². The number of hydrogen-bond acceptors (Lipinski definition) is 2. The average Bonchev–Trinajstić information content (AvgIpc) is 3.38. The molecule has 5 heteroatoms. The number of carbonyl (C=O) groups excluding carboxylic acids is 1. The molecule has 0 aliphatic carbocycles. The molecule has 4 aromatic rings. The Bertz CT molecular complexity index is 1050. The van der Waals surface area contributed by atoms with E-state index in [4.69, 9.17) is 0 Å². The van der Waals surface area contributed by atoms with Crippen LogP contribution in [0.1, 0.15) is 18.4 Å². The van der Waals surface area contributed by atoms with Crippen LogP contribution in [-0.2, 0) is 17.8 Å². The number of carbonyl (C=O) groups is 1. The Kier molecular flexibility index (Phi) is 5.52. The molecule has 28 heavy (non-hydrogen) atoms. The van der Waals surface area contributed by atoms with Gasteiger partial charge in [0.05, 0.1) is 11.9 Å². The van der Waals surface area contributed by atoms with E-state index in [9.17, 15) is 4.79 Å². The van der Waals surface area contributed by atoms with Gasteiger partial charge in [-0.1, -0.05) is 36.4 Å². The maximum Gasteiger partial charge on any atom is 0.220 e. The van der Waals surface area contributed by atoms with Crippen molar-refractivity contribution < 1.29 is 4.79 Å². The summed E-state index contributed by atoms with van der Waals surface area (Å²) in [5, 5.41) is 8.65. The van der Waals surface area contributed by atoms with Crippen LogP contribution in [-0.4, -0.2) is 26.8 Å². The zero-order chi connectivity index (χ0) is 19.2. The average molecular weight is 372 g/mol. The normalized spacial score (nSPS) is 11.0. The van der Waals surface area contributed by atoms with Crippen LogP contribution in [0.15, 0.2) is 79.3 Å². The van der Waals surface area contributed by atoms with E-state index in [1.54, 1.807) is 0 Å². The van der Waals surface area contributed by atoms with Crippen molar-refractivity contribution >= 4 is 16.8 Å². The summed E-state index contributed by atoms with van der Waals surface area (Å²) in [6.45, 7) is 1.59. The van der Waals surface area contributed by atoms with E-state index < -0.39 is 0 Å². The number of nitrogens with one attached hydrogen (secondary N) is 1. The van der Waals surface area contributed by atoms with Gasteiger partial charge in [-0.3, -0.25) is 4.79 Å². The van der Waals surface area contributed by atoms with Crippen LogP contribution < -0.4 is 5.32 Å². The number of hydrogen-bond donors (Lipinski definition) is 1. The maximum atomic E-state index is 12.1. The first kappa shape index (κ1) is 18.0. The zero-order valence-corrected chi connectivity index (χ0v) is 15.8. The summed E-state index contributed by atoms with van der Waals surface area (Å²) in [5.74, 6) is 0.0878. The van der Waals surface area contributed by atoms with Gasteiger partial charge in [0.15, 0.2) is 0 Å². The molecule has 5 nitrogen and oxygen atoms in total. The second kappa shape index (κ2) is 8.57. The molecule has 142 valence electrons. The smallest absolute Gasteiger partial charge is 0.220 e. The van der Waals surface area contributed by atoms with E-state index in [0.717, 1.165) is 24.2 Å². The number of aryl methyl sites for hydroxylation is 2. The minimum atomic E-state index is 0.0878. The van der Waals surface area contributed by atoms with Crippen LogP contribution in [0.4, 0.5) is 0 Å². The lowest BCUT2D eigenvalue weighted by molar-refractivity contribution is -0.121. The highest BCUT2D eigenvalue weighted by Gasteiger charge is 2.05. The Morgan fingerprint density at radius 1 is 1.00 bits per heavy atom. The largest absolute Gasteiger partial charge is 0.356 e. The molecule has 2 aromatic carbocycles. The van der Waals surface area contributed by atoms with E-state index >= 15 is 0 Å². The highest BCUT2D eigenvalue weighted by Crippen LogP contribution is 2.15. The molecule has 0 fully saturated rings. The maximum absolute atomic E-state index is 12.1. The zero-order valence-electron chi connectivity index (χ0n) is 15.8. The standard InChI is InChI=1S/C23H24N4O/c28-23(12-11-19-17-25-27(18-19)21-8-2-1-3-9-21)24-14-6-15-26-16-13-20-7-4-5-10-22(20)26/h1-5,7-10,13,16-18H,6,11-12,14-15H2,(H,24,28). The monoisotopic (exact) mass is 372 g/mol. The Morgan fingerprint density at radius 3 is 2.71 bits per heavy atom. The molecule has 1 N–H and O–H groups in total. The van der Waals surface area contributed by atoms with Crippen LogP contribution in [0.2, 0.25) is 0 Å². The molecular formula is C23H24N4O. The van der Waals surface area contributed by atoms with Crippen molar-refractivity contribution in [3.8, 4) is 5.69 Å². The van der Waals surface area contributed by atoms with Gasteiger partial charge in [0.1, 0.15) is 0 Å². The van der Waals surface area contributed by atoms with Crippen LogP contribution in [0.25, 0.3) is 16.6 Å². The summed E-state index contributed by atoms with van der Waals surface area (Å²) in [4.78, 5) is 12.1. The second-order valence-electron chi connectivity index (χ2n) is 6.90. The number of rotatable bonds is 8. The number of benzene rings is 2. The SMILES string of the molecule is O=C(CCc1cnn(-c2ccccc2)c1)NCCCn1ccc2ccccc21. The number of fused-ring (bicyclic) bond motifs is 1. The summed E-state index contributed by atoms with van der Waals surface area (Å²) in [7, 11) is 0. The summed E-state index contributed by atoms with van der Waals surface area (Å²) in [5.41, 5.74) is 3.33. The molecule has 0 radical (unpaired) electrons. The molecule has 0 saturated heterocycles. The van der Waals surface area contributed by atoms with Gasteiger partial charge in [-0.25, -0.2) is 4.68 Å². The molecule has 0 atom stereocenters. The highest BCUT2D eigenvalue weighted by molar-refractivity contribution is 5.79. The van der Waals surface area contributed by atoms with Gasteiger partial charge in [-0.2, -0.15) is 5.10 Å². The number of nitrogens with zero attached hydrogens (tertiary/aromatic N) is 3. The molecule has 0 unspecified atom stereocenters. The molecule has 2 heterocycles. The Balaban J connectivity index is 1.20. The Morgan fingerprint density at radius 2 is 1.82 bits per heavy atom. The lowest BCUT2D eigenvalue weighted by Crippen LogP contribution is -2.25. The highest BCUT2D eigenvalue weighted by atomic mass is 16.1. The first-order valence-corrected chi connectivity index (χ1v) is 9.69. The topological polar surface area (TPSA) is 51.9 Å². The summed E-state index contributed by atoms with van der Waals surface area (Å²) >= 11 is 0. The minimum absolute atomic E-state index is 0.0878. The van der Waals surface area contributed by atoms with Crippen molar-refractivity contribution in [2.24, 2.45) is 0 Å². The minimum Gasteiger partial charge on any atom is -0.356 e. The van der Waals surface area contributed by atoms with Gasteiger partial charge in [0, 0.05) is 37.4 Å². The fourth-order valence-corrected chi connectivity index (χ4v) is 3.37. The third-order valence-electron chi connectivity index (χ3n) is 4.88. The summed E-state index contributed by atoms with van der Waals surface area (Å²) in [6, 6.07) is 20.5. The van der Waals surface area contributed by atoms with Crippen LogP contribution in [0.3, 0.4) is 0 Å². The van der Waals surface area contributed by atoms with Crippen molar-refractivity contribution in [2.75, 3.05) is 6.54 Å². The van der Waals surface area contributed by atoms with Gasteiger partial charge in [0.2, 0.25) is 5.91 Å².